The van der Waals surface area contributed by atoms with E-state index in [-0.39, 0.29) is 25.4 Å². The highest BCUT2D eigenvalue weighted by Crippen LogP contribution is 2.22. The van der Waals surface area contributed by atoms with E-state index >= 15 is 0 Å². The maximum atomic E-state index is 12.0. The third-order valence-corrected chi connectivity index (χ3v) is 4.50. The summed E-state index contributed by atoms with van der Waals surface area (Å²) in [5.41, 5.74) is 0. The fourth-order valence-electron chi connectivity index (χ4n) is 1.87. The maximum absolute atomic E-state index is 12.0. The second-order valence-electron chi connectivity index (χ2n) is 4.32. The van der Waals surface area contributed by atoms with Crippen molar-refractivity contribution in [2.24, 2.45) is 5.92 Å². The summed E-state index contributed by atoms with van der Waals surface area (Å²) < 4.78 is 61.7. The molecule has 1 saturated heterocycles. The van der Waals surface area contributed by atoms with E-state index in [2.05, 4.69) is 0 Å². The highest BCUT2D eigenvalue weighted by atomic mass is 32.2. The second kappa shape index (κ2) is 5.72. The highest BCUT2D eigenvalue weighted by molar-refractivity contribution is 7.87. The van der Waals surface area contributed by atoms with Crippen LogP contribution in [0.3, 0.4) is 0 Å². The lowest BCUT2D eigenvalue weighted by Crippen LogP contribution is -2.51. The molecule has 0 aliphatic carbocycles. The summed E-state index contributed by atoms with van der Waals surface area (Å²) >= 11 is 0. The molecule has 0 radical (unpaired) electrons. The van der Waals surface area contributed by atoms with E-state index in [9.17, 15) is 26.7 Å². The van der Waals surface area contributed by atoms with Crippen LogP contribution in [0.5, 0.6) is 0 Å². The topological polar surface area (TPSA) is 69.6 Å². The fourth-order valence-corrected chi connectivity index (χ4v) is 3.13. The molecule has 0 aromatic heterocycles. The van der Waals surface area contributed by atoms with Gasteiger partial charge in [0.25, 0.3) is 10.2 Å². The zero-order chi connectivity index (χ0) is 14.0. The lowest BCUT2D eigenvalue weighted by molar-refractivity contribution is -0.121. The Labute approximate surface area is 104 Å². The number of hydrogen-bond donors (Lipinski definition) is 2. The second-order valence-corrected chi connectivity index (χ2v) is 6.08. The van der Waals surface area contributed by atoms with Crippen molar-refractivity contribution in [1.82, 2.24) is 9.03 Å². The lowest BCUT2D eigenvalue weighted by Gasteiger charge is -2.34. The lowest BCUT2D eigenvalue weighted by atomic mass is 9.94. The Hall–Kier alpha value is -0.380. The molecule has 1 heterocycles. The van der Waals surface area contributed by atoms with Crippen LogP contribution in [0, 0.1) is 5.92 Å². The van der Waals surface area contributed by atoms with Crippen LogP contribution in [-0.2, 0) is 10.2 Å². The van der Waals surface area contributed by atoms with Crippen LogP contribution in [-0.4, -0.2) is 49.7 Å². The standard InChI is InChI=1S/C9H17F3N2O3S/c1-2-7-5-14(4-3-8(7)15)18(16,17)13-6-9(10,11)12/h7-8,13,15H,2-6H2,1H3. The quantitative estimate of drug-likeness (QED) is 0.791. The first-order valence-corrected chi connectivity index (χ1v) is 7.09. The van der Waals surface area contributed by atoms with Crippen LogP contribution in [0.4, 0.5) is 13.2 Å². The van der Waals surface area contributed by atoms with E-state index in [1.165, 1.54) is 4.72 Å². The molecule has 18 heavy (non-hydrogen) atoms. The molecule has 5 nitrogen and oxygen atoms in total. The minimum atomic E-state index is -4.58. The number of aliphatic hydroxyl groups excluding tert-OH is 1. The van der Waals surface area contributed by atoms with Crippen LogP contribution in [0.15, 0.2) is 0 Å². The molecule has 1 aliphatic heterocycles. The molecule has 1 rings (SSSR count). The smallest absolute Gasteiger partial charge is 0.393 e. The van der Waals surface area contributed by atoms with Gasteiger partial charge in [0.2, 0.25) is 0 Å². The number of hydrogen-bond acceptors (Lipinski definition) is 3. The number of piperidine rings is 1. The molecule has 0 amide bonds. The van der Waals surface area contributed by atoms with Gasteiger partial charge in [0, 0.05) is 13.1 Å². The number of nitrogens with one attached hydrogen (secondary N) is 1. The number of nitrogens with zero attached hydrogens (tertiary/aromatic N) is 1. The molecule has 0 saturated carbocycles. The molecule has 108 valence electrons. The molecule has 1 fully saturated rings. The van der Waals surface area contributed by atoms with Crippen LogP contribution in [0.25, 0.3) is 0 Å². The van der Waals surface area contributed by atoms with Crippen molar-refractivity contribution in [3.05, 3.63) is 0 Å². The molecule has 2 N–H and O–H groups in total. The minimum Gasteiger partial charge on any atom is -0.393 e. The van der Waals surface area contributed by atoms with Gasteiger partial charge in [-0.1, -0.05) is 6.92 Å². The third kappa shape index (κ3) is 4.38. The Balaban J connectivity index is 2.63. The first kappa shape index (κ1) is 15.7. The molecular weight excluding hydrogens is 273 g/mol. The molecule has 0 aromatic rings. The summed E-state index contributed by atoms with van der Waals surface area (Å²) in [5.74, 6) is -0.235. The van der Waals surface area contributed by atoms with Crippen LogP contribution in [0.1, 0.15) is 19.8 Å². The number of rotatable bonds is 4. The Bertz CT molecular complexity index is 372. The predicted molar refractivity (Wildman–Crippen MR) is 59.0 cm³/mol. The number of alkyl halides is 3. The van der Waals surface area contributed by atoms with Gasteiger partial charge in [0.05, 0.1) is 6.10 Å². The first-order chi connectivity index (χ1) is 8.15. The van der Waals surface area contributed by atoms with Gasteiger partial charge < -0.3 is 5.11 Å². The zero-order valence-electron chi connectivity index (χ0n) is 9.94. The van der Waals surface area contributed by atoms with Gasteiger partial charge >= 0.3 is 6.18 Å². The van der Waals surface area contributed by atoms with Crippen molar-refractivity contribution in [2.75, 3.05) is 19.6 Å². The van der Waals surface area contributed by atoms with E-state index in [1.807, 2.05) is 0 Å². The van der Waals surface area contributed by atoms with E-state index < -0.39 is 29.0 Å². The van der Waals surface area contributed by atoms with Gasteiger partial charge in [0.1, 0.15) is 6.54 Å². The Morgan fingerprint density at radius 2 is 2.06 bits per heavy atom. The van der Waals surface area contributed by atoms with Gasteiger partial charge in [0.15, 0.2) is 0 Å². The zero-order valence-corrected chi connectivity index (χ0v) is 10.8. The molecule has 9 heteroatoms. The van der Waals surface area contributed by atoms with Crippen LogP contribution >= 0.6 is 0 Å². The van der Waals surface area contributed by atoms with Crippen molar-refractivity contribution >= 4 is 10.2 Å². The molecule has 0 bridgehead atoms. The SMILES string of the molecule is CCC1CN(S(=O)(=O)NCC(F)(F)F)CCC1O. The monoisotopic (exact) mass is 290 g/mol. The molecule has 2 atom stereocenters. The van der Waals surface area contributed by atoms with E-state index in [4.69, 9.17) is 0 Å². The van der Waals surface area contributed by atoms with Crippen molar-refractivity contribution < 1.29 is 26.7 Å². The predicted octanol–water partition coefficient (Wildman–Crippen LogP) is 0.476. The summed E-state index contributed by atoms with van der Waals surface area (Å²) in [6.45, 7) is 0.300. The minimum absolute atomic E-state index is 0.0326. The van der Waals surface area contributed by atoms with Gasteiger partial charge in [-0.25, -0.2) is 0 Å². The van der Waals surface area contributed by atoms with Gasteiger partial charge in [-0.15, -0.1) is 0 Å². The normalized spacial score (nSPS) is 27.4. The van der Waals surface area contributed by atoms with Crippen LogP contribution in [0.2, 0.25) is 0 Å². The summed E-state index contributed by atoms with van der Waals surface area (Å²) in [7, 11) is -4.13. The fraction of sp³-hybridized carbons (Fsp3) is 1.00. The molecule has 1 aliphatic rings. The Morgan fingerprint density at radius 1 is 1.44 bits per heavy atom. The summed E-state index contributed by atoms with van der Waals surface area (Å²) in [6.07, 6.45) is -4.35. The van der Waals surface area contributed by atoms with Crippen molar-refractivity contribution in [1.29, 1.82) is 0 Å². The number of aliphatic hydroxyl groups is 1. The van der Waals surface area contributed by atoms with Crippen LogP contribution < -0.4 is 4.72 Å². The Morgan fingerprint density at radius 3 is 2.56 bits per heavy atom. The molecule has 0 spiro atoms. The average Bonchev–Trinajstić information content (AvgIpc) is 2.26. The summed E-state index contributed by atoms with van der Waals surface area (Å²) in [4.78, 5) is 0. The molecule has 0 aromatic carbocycles. The van der Waals surface area contributed by atoms with E-state index in [0.717, 1.165) is 4.31 Å². The van der Waals surface area contributed by atoms with E-state index in [1.54, 1.807) is 6.92 Å². The molecule has 2 unspecified atom stereocenters. The molecular formula is C9H17F3N2O3S. The van der Waals surface area contributed by atoms with Gasteiger partial charge in [-0.3, -0.25) is 0 Å². The summed E-state index contributed by atoms with van der Waals surface area (Å²) in [5, 5.41) is 9.59. The van der Waals surface area contributed by atoms with Crippen molar-refractivity contribution in [3.63, 3.8) is 0 Å². The highest BCUT2D eigenvalue weighted by Gasteiger charge is 2.35. The van der Waals surface area contributed by atoms with Crippen molar-refractivity contribution in [3.8, 4) is 0 Å². The third-order valence-electron chi connectivity index (χ3n) is 2.98. The maximum Gasteiger partial charge on any atom is 0.402 e. The largest absolute Gasteiger partial charge is 0.402 e. The van der Waals surface area contributed by atoms with Crippen molar-refractivity contribution in [2.45, 2.75) is 32.0 Å². The average molecular weight is 290 g/mol. The van der Waals surface area contributed by atoms with E-state index in [0.29, 0.717) is 6.42 Å². The van der Waals surface area contributed by atoms with Gasteiger partial charge in [-0.2, -0.15) is 30.6 Å². The first-order valence-electron chi connectivity index (χ1n) is 5.65. The summed E-state index contributed by atoms with van der Waals surface area (Å²) in [6, 6.07) is 0. The Kier molecular flexibility index (Phi) is 4.98. The number of halogens is 3. The van der Waals surface area contributed by atoms with Gasteiger partial charge in [-0.05, 0) is 18.8 Å².